The van der Waals surface area contributed by atoms with E-state index in [0.29, 0.717) is 50.9 Å². The molecule has 0 atom stereocenters. The number of nitrogens with zero attached hydrogens (tertiary/aromatic N) is 1. The Morgan fingerprint density at radius 3 is 2.37 bits per heavy atom. The van der Waals surface area contributed by atoms with Crippen molar-refractivity contribution in [3.63, 3.8) is 0 Å². The quantitative estimate of drug-likeness (QED) is 0.256. The lowest BCUT2D eigenvalue weighted by atomic mass is 10.1. The summed E-state index contributed by atoms with van der Waals surface area (Å²) in [7, 11) is 2.70. The number of alkyl halides is 3. The fraction of sp³-hybridized carbons (Fsp3) is 0.179. The van der Waals surface area contributed by atoms with Crippen LogP contribution in [0.4, 0.5) is 23.7 Å². The summed E-state index contributed by atoms with van der Waals surface area (Å²) in [6.07, 6.45) is -3.18. The van der Waals surface area contributed by atoms with Crippen LogP contribution in [0.15, 0.2) is 70.0 Å². The van der Waals surface area contributed by atoms with Gasteiger partial charge in [-0.05, 0) is 59.3 Å². The van der Waals surface area contributed by atoms with Crippen LogP contribution in [0.1, 0.15) is 16.7 Å². The molecule has 1 heterocycles. The molecule has 0 aliphatic carbocycles. The van der Waals surface area contributed by atoms with Crippen molar-refractivity contribution in [2.24, 2.45) is 0 Å². The first kappa shape index (κ1) is 30.0. The molecule has 1 aliphatic rings. The zero-order valence-electron chi connectivity index (χ0n) is 21.6. The Labute approximate surface area is 245 Å². The minimum Gasteiger partial charge on any atom is -0.495 e. The lowest BCUT2D eigenvalue weighted by Gasteiger charge is -2.16. The summed E-state index contributed by atoms with van der Waals surface area (Å²) in [6.45, 7) is -0.408. The van der Waals surface area contributed by atoms with Crippen molar-refractivity contribution in [1.82, 2.24) is 4.90 Å². The number of nitrogens with one attached hydrogen (secondary N) is 1. The van der Waals surface area contributed by atoms with E-state index in [4.69, 9.17) is 14.2 Å². The van der Waals surface area contributed by atoms with Gasteiger partial charge in [-0.15, -0.1) is 0 Å². The van der Waals surface area contributed by atoms with E-state index in [-0.39, 0.29) is 16.3 Å². The van der Waals surface area contributed by atoms with Crippen LogP contribution >= 0.6 is 27.7 Å². The van der Waals surface area contributed by atoms with Crippen LogP contribution in [0.25, 0.3) is 6.08 Å². The molecular formula is C28H22BrF3N2O6S. The molecule has 0 spiro atoms. The predicted molar refractivity (Wildman–Crippen MR) is 151 cm³/mol. The molecule has 1 aliphatic heterocycles. The summed E-state index contributed by atoms with van der Waals surface area (Å²) in [5.74, 6) is -0.787. The van der Waals surface area contributed by atoms with Gasteiger partial charge < -0.3 is 19.5 Å². The molecule has 0 bridgehead atoms. The van der Waals surface area contributed by atoms with Gasteiger partial charge in [0.1, 0.15) is 18.9 Å². The van der Waals surface area contributed by atoms with Crippen molar-refractivity contribution in [2.75, 3.05) is 26.1 Å². The van der Waals surface area contributed by atoms with Gasteiger partial charge in [-0.25, -0.2) is 0 Å². The highest BCUT2D eigenvalue weighted by Gasteiger charge is 2.37. The van der Waals surface area contributed by atoms with Crippen molar-refractivity contribution in [3.05, 3.63) is 86.7 Å². The van der Waals surface area contributed by atoms with E-state index in [1.807, 2.05) is 30.3 Å². The second kappa shape index (κ2) is 12.7. The monoisotopic (exact) mass is 650 g/mol. The minimum absolute atomic E-state index is 0.0182. The molecular weight excluding hydrogens is 629 g/mol. The third-order valence-corrected chi connectivity index (χ3v) is 7.38. The molecule has 1 saturated heterocycles. The normalized spacial score (nSPS) is 14.4. The minimum atomic E-state index is -4.65. The number of halogens is 4. The van der Waals surface area contributed by atoms with Crippen LogP contribution in [-0.2, 0) is 22.4 Å². The van der Waals surface area contributed by atoms with Gasteiger partial charge in [-0.1, -0.05) is 46.3 Å². The maximum atomic E-state index is 13.1. The van der Waals surface area contributed by atoms with Crippen LogP contribution in [0.2, 0.25) is 0 Å². The average Bonchev–Trinajstić information content (AvgIpc) is 3.20. The number of hydrogen-bond acceptors (Lipinski definition) is 7. The molecule has 0 unspecified atom stereocenters. The van der Waals surface area contributed by atoms with Crippen molar-refractivity contribution < 1.29 is 41.8 Å². The summed E-state index contributed by atoms with van der Waals surface area (Å²) in [5, 5.41) is 1.57. The van der Waals surface area contributed by atoms with Crippen LogP contribution in [0.5, 0.6) is 17.2 Å². The molecule has 1 fully saturated rings. The highest BCUT2D eigenvalue weighted by molar-refractivity contribution is 9.10. The number of carbonyl (C=O) groups is 3. The first-order valence-electron chi connectivity index (χ1n) is 11.8. The number of carbonyl (C=O) groups excluding carboxylic acids is 3. The van der Waals surface area contributed by atoms with Gasteiger partial charge in [0.2, 0.25) is 5.91 Å². The summed E-state index contributed by atoms with van der Waals surface area (Å²) < 4.78 is 56.3. The smallest absolute Gasteiger partial charge is 0.416 e. The zero-order chi connectivity index (χ0) is 29.7. The summed E-state index contributed by atoms with van der Waals surface area (Å²) in [4.78, 5) is 39.0. The number of ether oxygens (including phenoxy) is 3. The number of amides is 3. The molecule has 3 aromatic rings. The number of imide groups is 1. The van der Waals surface area contributed by atoms with E-state index in [1.54, 1.807) is 12.1 Å². The van der Waals surface area contributed by atoms with E-state index >= 15 is 0 Å². The number of thioether (sulfide) groups is 1. The van der Waals surface area contributed by atoms with E-state index in [9.17, 15) is 27.6 Å². The van der Waals surface area contributed by atoms with Gasteiger partial charge in [0.25, 0.3) is 11.1 Å². The zero-order valence-corrected chi connectivity index (χ0v) is 24.0. The van der Waals surface area contributed by atoms with Gasteiger partial charge >= 0.3 is 6.18 Å². The Bertz CT molecular complexity index is 1510. The van der Waals surface area contributed by atoms with Crippen LogP contribution in [-0.4, -0.2) is 42.7 Å². The number of rotatable bonds is 9. The van der Waals surface area contributed by atoms with Gasteiger partial charge in [-0.2, -0.15) is 13.2 Å². The van der Waals surface area contributed by atoms with Crippen molar-refractivity contribution in [3.8, 4) is 17.2 Å². The molecule has 3 aromatic carbocycles. The van der Waals surface area contributed by atoms with Crippen LogP contribution in [0, 0.1) is 0 Å². The maximum absolute atomic E-state index is 13.1. The Hall–Kier alpha value is -3.97. The van der Waals surface area contributed by atoms with Gasteiger partial charge in [0, 0.05) is 4.47 Å². The summed E-state index contributed by atoms with van der Waals surface area (Å²) in [5.41, 5.74) is 0.220. The fourth-order valence-electron chi connectivity index (χ4n) is 3.76. The molecule has 214 valence electrons. The Morgan fingerprint density at radius 1 is 1.00 bits per heavy atom. The van der Waals surface area contributed by atoms with Crippen LogP contribution in [0.3, 0.4) is 0 Å². The fourth-order valence-corrected chi connectivity index (χ4v) is 5.03. The highest BCUT2D eigenvalue weighted by Crippen LogP contribution is 2.39. The topological polar surface area (TPSA) is 94.2 Å². The first-order valence-corrected chi connectivity index (χ1v) is 13.5. The van der Waals surface area contributed by atoms with E-state index in [0.717, 1.165) is 17.7 Å². The third-order valence-electron chi connectivity index (χ3n) is 5.78. The average molecular weight is 651 g/mol. The Kier molecular flexibility index (Phi) is 9.28. The van der Waals surface area contributed by atoms with Crippen molar-refractivity contribution in [1.29, 1.82) is 0 Å². The Balaban J connectivity index is 1.48. The van der Waals surface area contributed by atoms with E-state index in [2.05, 4.69) is 21.2 Å². The lowest BCUT2D eigenvalue weighted by molar-refractivity contribution is -0.137. The molecule has 0 radical (unpaired) electrons. The molecule has 1 N–H and O–H groups in total. The van der Waals surface area contributed by atoms with E-state index in [1.165, 1.54) is 20.3 Å². The van der Waals surface area contributed by atoms with E-state index < -0.39 is 35.3 Å². The molecule has 4 rings (SSSR count). The summed E-state index contributed by atoms with van der Waals surface area (Å²) >= 11 is 4.07. The van der Waals surface area contributed by atoms with Crippen LogP contribution < -0.4 is 19.5 Å². The molecule has 13 heteroatoms. The number of methoxy groups -OCH3 is 2. The third kappa shape index (κ3) is 7.22. The first-order chi connectivity index (χ1) is 19.5. The van der Waals surface area contributed by atoms with Gasteiger partial charge in [-0.3, -0.25) is 19.3 Å². The standard InChI is InChI=1S/C28H22BrF3N2O6S/c1-38-21-9-8-18(28(30,31)32)12-20(21)33-25(35)14-34-26(36)24(41-27(34)37)11-17-10-22(39-2)23(13-19(17)29)40-15-16-6-4-3-5-7-16/h3-13H,14-15H2,1-2H3,(H,33,35)/b24-11-. The summed E-state index contributed by atoms with van der Waals surface area (Å²) in [6, 6.07) is 15.4. The largest absolute Gasteiger partial charge is 0.495 e. The number of hydrogen-bond donors (Lipinski definition) is 1. The number of anilines is 1. The number of benzene rings is 3. The molecule has 0 aromatic heterocycles. The second-order valence-electron chi connectivity index (χ2n) is 8.53. The van der Waals surface area contributed by atoms with Crippen molar-refractivity contribution >= 4 is 56.5 Å². The molecule has 8 nitrogen and oxygen atoms in total. The molecule has 41 heavy (non-hydrogen) atoms. The van der Waals surface area contributed by atoms with Gasteiger partial charge in [0.05, 0.1) is 30.4 Å². The maximum Gasteiger partial charge on any atom is 0.416 e. The predicted octanol–water partition coefficient (Wildman–Crippen LogP) is 6.74. The SMILES string of the molecule is COc1ccc(C(F)(F)F)cc1NC(=O)CN1C(=O)S/C(=C\c2cc(OC)c(OCc3ccccc3)cc2Br)C1=O. The van der Waals surface area contributed by atoms with Gasteiger partial charge in [0.15, 0.2) is 11.5 Å². The molecule has 0 saturated carbocycles. The van der Waals surface area contributed by atoms with Crippen molar-refractivity contribution in [2.45, 2.75) is 12.8 Å². The second-order valence-corrected chi connectivity index (χ2v) is 10.4. The molecule has 3 amide bonds. The Morgan fingerprint density at radius 2 is 1.71 bits per heavy atom. The lowest BCUT2D eigenvalue weighted by Crippen LogP contribution is -2.36. The highest BCUT2D eigenvalue weighted by atomic mass is 79.9.